The van der Waals surface area contributed by atoms with Crippen LogP contribution in [0.25, 0.3) is 0 Å². The van der Waals surface area contributed by atoms with E-state index in [0.29, 0.717) is 17.3 Å². The second-order valence-electron chi connectivity index (χ2n) is 4.23. The van der Waals surface area contributed by atoms with E-state index in [2.05, 4.69) is 20.5 Å². The van der Waals surface area contributed by atoms with Gasteiger partial charge in [-0.1, -0.05) is 18.5 Å². The molecule has 0 aliphatic heterocycles. The molecule has 0 spiro atoms. The summed E-state index contributed by atoms with van der Waals surface area (Å²) >= 11 is 5.89. The molecule has 2 aromatic rings. The van der Waals surface area contributed by atoms with Gasteiger partial charge in [0.15, 0.2) is 0 Å². The Hall–Kier alpha value is -1.88. The number of hydrogen-bond acceptors (Lipinski definition) is 3. The summed E-state index contributed by atoms with van der Waals surface area (Å²) in [4.78, 5) is 16.2. The molecule has 0 saturated heterocycles. The minimum atomic E-state index is -0.167. The average Bonchev–Trinajstić information content (AvgIpc) is 2.80. The summed E-state index contributed by atoms with van der Waals surface area (Å²) in [5, 5.41) is 9.91. The minimum absolute atomic E-state index is 0.167. The van der Waals surface area contributed by atoms with Gasteiger partial charge in [-0.2, -0.15) is 5.10 Å². The van der Waals surface area contributed by atoms with E-state index in [9.17, 15) is 4.79 Å². The second kappa shape index (κ2) is 5.84. The van der Waals surface area contributed by atoms with Crippen LogP contribution in [0.4, 0.5) is 0 Å². The Morgan fingerprint density at radius 1 is 1.47 bits per heavy atom. The first-order valence-corrected chi connectivity index (χ1v) is 6.41. The number of aryl methyl sites for hydroxylation is 2. The standard InChI is InChI=1S/C13H15ClN4O/c1-3-11-4-9(5-12(14)17-11)13(19)15-6-10-7-16-18-8(10)2/h4-5,7H,3,6H2,1-2H3,(H,15,19)(H,16,18). The van der Waals surface area contributed by atoms with Crippen LogP contribution in [0.1, 0.15) is 34.2 Å². The van der Waals surface area contributed by atoms with E-state index in [1.807, 2.05) is 13.8 Å². The van der Waals surface area contributed by atoms with Crippen LogP contribution in [0, 0.1) is 6.92 Å². The first-order valence-electron chi connectivity index (χ1n) is 6.03. The highest BCUT2D eigenvalue weighted by Crippen LogP contribution is 2.12. The zero-order valence-corrected chi connectivity index (χ0v) is 11.6. The van der Waals surface area contributed by atoms with E-state index in [0.717, 1.165) is 23.4 Å². The number of H-pyrrole nitrogens is 1. The maximum absolute atomic E-state index is 12.0. The third-order valence-electron chi connectivity index (χ3n) is 2.85. The molecule has 0 fully saturated rings. The van der Waals surface area contributed by atoms with Gasteiger partial charge in [-0.05, 0) is 25.5 Å². The molecule has 0 aliphatic carbocycles. The molecule has 0 unspecified atom stereocenters. The molecule has 2 aromatic heterocycles. The van der Waals surface area contributed by atoms with E-state index in [4.69, 9.17) is 11.6 Å². The molecule has 5 nitrogen and oxygen atoms in total. The van der Waals surface area contributed by atoms with Crippen molar-refractivity contribution in [1.82, 2.24) is 20.5 Å². The normalized spacial score (nSPS) is 10.5. The Bertz CT molecular complexity index is 594. The van der Waals surface area contributed by atoms with Crippen molar-refractivity contribution in [1.29, 1.82) is 0 Å². The molecule has 0 aromatic carbocycles. The fourth-order valence-electron chi connectivity index (χ4n) is 1.69. The number of aromatic nitrogens is 3. The smallest absolute Gasteiger partial charge is 0.251 e. The lowest BCUT2D eigenvalue weighted by atomic mass is 10.2. The highest BCUT2D eigenvalue weighted by atomic mass is 35.5. The quantitative estimate of drug-likeness (QED) is 0.843. The fourth-order valence-corrected chi connectivity index (χ4v) is 1.92. The van der Waals surface area contributed by atoms with Gasteiger partial charge < -0.3 is 5.32 Å². The predicted octanol–water partition coefficient (Wildman–Crippen LogP) is 2.26. The van der Waals surface area contributed by atoms with E-state index in [1.165, 1.54) is 0 Å². The lowest BCUT2D eigenvalue weighted by Crippen LogP contribution is -2.23. The van der Waals surface area contributed by atoms with Crippen LogP contribution >= 0.6 is 11.6 Å². The van der Waals surface area contributed by atoms with Crippen molar-refractivity contribution < 1.29 is 4.79 Å². The number of pyridine rings is 1. The molecule has 0 aliphatic rings. The summed E-state index contributed by atoms with van der Waals surface area (Å²) in [6, 6.07) is 3.32. The van der Waals surface area contributed by atoms with Crippen LogP contribution in [-0.2, 0) is 13.0 Å². The Morgan fingerprint density at radius 2 is 2.26 bits per heavy atom. The lowest BCUT2D eigenvalue weighted by Gasteiger charge is -2.06. The topological polar surface area (TPSA) is 70.7 Å². The summed E-state index contributed by atoms with van der Waals surface area (Å²) in [5.41, 5.74) is 3.24. The molecular weight excluding hydrogens is 264 g/mol. The van der Waals surface area contributed by atoms with Crippen LogP contribution < -0.4 is 5.32 Å². The van der Waals surface area contributed by atoms with Crippen molar-refractivity contribution in [3.63, 3.8) is 0 Å². The molecule has 2 rings (SSSR count). The zero-order valence-electron chi connectivity index (χ0n) is 10.8. The summed E-state index contributed by atoms with van der Waals surface area (Å²) in [7, 11) is 0. The molecule has 100 valence electrons. The summed E-state index contributed by atoms with van der Waals surface area (Å²) < 4.78 is 0. The number of carbonyl (C=O) groups excluding carboxylic acids is 1. The van der Waals surface area contributed by atoms with Gasteiger partial charge in [0.2, 0.25) is 0 Å². The number of hydrogen-bond donors (Lipinski definition) is 2. The van der Waals surface area contributed by atoms with Gasteiger partial charge in [-0.3, -0.25) is 9.89 Å². The van der Waals surface area contributed by atoms with Crippen LogP contribution in [-0.4, -0.2) is 21.1 Å². The summed E-state index contributed by atoms with van der Waals surface area (Å²) in [6.07, 6.45) is 2.44. The van der Waals surface area contributed by atoms with Crippen molar-refractivity contribution in [3.05, 3.63) is 46.0 Å². The highest BCUT2D eigenvalue weighted by molar-refractivity contribution is 6.29. The Morgan fingerprint density at radius 3 is 2.89 bits per heavy atom. The maximum atomic E-state index is 12.0. The minimum Gasteiger partial charge on any atom is -0.348 e. The van der Waals surface area contributed by atoms with Crippen LogP contribution in [0.15, 0.2) is 18.3 Å². The Kier molecular flexibility index (Phi) is 4.16. The number of nitrogens with one attached hydrogen (secondary N) is 2. The summed E-state index contributed by atoms with van der Waals surface area (Å²) in [5.74, 6) is -0.167. The van der Waals surface area contributed by atoms with Crippen LogP contribution in [0.5, 0.6) is 0 Å². The molecule has 1 amide bonds. The van der Waals surface area contributed by atoms with Crippen molar-refractivity contribution in [2.75, 3.05) is 0 Å². The van der Waals surface area contributed by atoms with Crippen molar-refractivity contribution in [2.45, 2.75) is 26.8 Å². The van der Waals surface area contributed by atoms with Gasteiger partial charge in [-0.25, -0.2) is 4.98 Å². The summed E-state index contributed by atoms with van der Waals surface area (Å²) in [6.45, 7) is 4.31. The Balaban J connectivity index is 2.08. The Labute approximate surface area is 116 Å². The predicted molar refractivity (Wildman–Crippen MR) is 73.1 cm³/mol. The maximum Gasteiger partial charge on any atom is 0.251 e. The van der Waals surface area contributed by atoms with Crippen molar-refractivity contribution in [2.24, 2.45) is 0 Å². The molecule has 0 saturated carbocycles. The van der Waals surface area contributed by atoms with Gasteiger partial charge in [0, 0.05) is 29.1 Å². The highest BCUT2D eigenvalue weighted by Gasteiger charge is 2.09. The second-order valence-corrected chi connectivity index (χ2v) is 4.61. The molecule has 0 bridgehead atoms. The first-order chi connectivity index (χ1) is 9.10. The van der Waals surface area contributed by atoms with E-state index in [1.54, 1.807) is 18.3 Å². The van der Waals surface area contributed by atoms with E-state index < -0.39 is 0 Å². The zero-order chi connectivity index (χ0) is 13.8. The van der Waals surface area contributed by atoms with Gasteiger partial charge >= 0.3 is 0 Å². The monoisotopic (exact) mass is 278 g/mol. The molecular formula is C13H15ClN4O. The van der Waals surface area contributed by atoms with Crippen LogP contribution in [0.2, 0.25) is 5.15 Å². The lowest BCUT2D eigenvalue weighted by molar-refractivity contribution is 0.0950. The van der Waals surface area contributed by atoms with E-state index >= 15 is 0 Å². The fraction of sp³-hybridized carbons (Fsp3) is 0.308. The molecule has 2 heterocycles. The van der Waals surface area contributed by atoms with Crippen molar-refractivity contribution >= 4 is 17.5 Å². The number of rotatable bonds is 4. The number of nitrogens with zero attached hydrogens (tertiary/aromatic N) is 2. The largest absolute Gasteiger partial charge is 0.348 e. The molecule has 19 heavy (non-hydrogen) atoms. The van der Waals surface area contributed by atoms with Gasteiger partial charge in [0.05, 0.1) is 6.20 Å². The van der Waals surface area contributed by atoms with Gasteiger partial charge in [0.25, 0.3) is 5.91 Å². The molecule has 2 N–H and O–H groups in total. The number of amides is 1. The molecule has 0 radical (unpaired) electrons. The first kappa shape index (κ1) is 13.5. The number of halogens is 1. The van der Waals surface area contributed by atoms with Crippen molar-refractivity contribution in [3.8, 4) is 0 Å². The number of aromatic amines is 1. The van der Waals surface area contributed by atoms with Crippen LogP contribution in [0.3, 0.4) is 0 Å². The third-order valence-corrected chi connectivity index (χ3v) is 3.04. The SMILES string of the molecule is CCc1cc(C(=O)NCc2cn[nH]c2C)cc(Cl)n1. The average molecular weight is 279 g/mol. The molecule has 6 heteroatoms. The van der Waals surface area contributed by atoms with E-state index in [-0.39, 0.29) is 5.91 Å². The van der Waals surface area contributed by atoms with Gasteiger partial charge in [0.1, 0.15) is 5.15 Å². The number of carbonyl (C=O) groups is 1. The molecule has 0 atom stereocenters. The third kappa shape index (κ3) is 3.32. The van der Waals surface area contributed by atoms with Gasteiger partial charge in [-0.15, -0.1) is 0 Å².